The number of nitrogens with zero attached hydrogens (tertiary/aromatic N) is 6. The first-order valence-electron chi connectivity index (χ1n) is 10.4. The Kier molecular flexibility index (Phi) is 7.67. The summed E-state index contributed by atoms with van der Waals surface area (Å²) in [6.07, 6.45) is 2.49. The van der Waals surface area contributed by atoms with Crippen molar-refractivity contribution in [1.82, 2.24) is 20.0 Å². The number of rotatable bonds is 7. The third-order valence-corrected chi connectivity index (χ3v) is 4.55. The predicted molar refractivity (Wildman–Crippen MR) is 126 cm³/mol. The lowest BCUT2D eigenvalue weighted by molar-refractivity contribution is -0.00641. The molecule has 0 amide bonds. The number of carbonyl (C=O) groups is 1. The van der Waals surface area contributed by atoms with E-state index in [4.69, 9.17) is 25.4 Å². The van der Waals surface area contributed by atoms with Crippen molar-refractivity contribution in [3.05, 3.63) is 66.2 Å². The topological polar surface area (TPSA) is 175 Å². The summed E-state index contributed by atoms with van der Waals surface area (Å²) in [6.45, 7) is 0.870. The van der Waals surface area contributed by atoms with E-state index in [9.17, 15) is 13.6 Å². The Balaban J connectivity index is 0.000000202. The van der Waals surface area contributed by atoms with Crippen LogP contribution < -0.4 is 16.4 Å². The molecule has 5 N–H and O–H groups in total. The van der Waals surface area contributed by atoms with Gasteiger partial charge in [0.15, 0.2) is 35.4 Å². The third kappa shape index (κ3) is 6.65. The van der Waals surface area contributed by atoms with Gasteiger partial charge in [-0.05, 0) is 24.3 Å². The van der Waals surface area contributed by atoms with Gasteiger partial charge in [0.25, 0.3) is 0 Å². The Labute approximate surface area is 203 Å². The van der Waals surface area contributed by atoms with Gasteiger partial charge in [-0.2, -0.15) is 23.7 Å². The third-order valence-electron chi connectivity index (χ3n) is 4.55. The van der Waals surface area contributed by atoms with E-state index in [0.717, 1.165) is 19.0 Å². The molecule has 0 spiro atoms. The number of carboxylic acids is 1. The van der Waals surface area contributed by atoms with E-state index in [1.807, 2.05) is 37.2 Å². The first-order valence-corrected chi connectivity index (χ1v) is 10.4. The zero-order valence-corrected chi connectivity index (χ0v) is 19.6. The van der Waals surface area contributed by atoms with Crippen molar-refractivity contribution in [3.63, 3.8) is 0 Å². The van der Waals surface area contributed by atoms with Crippen molar-refractivity contribution in [1.29, 1.82) is 0 Å². The minimum absolute atomic E-state index is 0.0686. The van der Waals surface area contributed by atoms with Crippen LogP contribution in [0.2, 0.25) is 0 Å². The van der Waals surface area contributed by atoms with Crippen LogP contribution in [0.3, 0.4) is 0 Å². The lowest BCUT2D eigenvalue weighted by Crippen LogP contribution is -2.21. The highest BCUT2D eigenvalue weighted by Gasteiger charge is 2.28. The number of benzene rings is 1. The molecule has 0 radical (unpaired) electrons. The number of halogens is 2. The van der Waals surface area contributed by atoms with Gasteiger partial charge >= 0.3 is 11.9 Å². The van der Waals surface area contributed by atoms with Gasteiger partial charge in [0.05, 0.1) is 6.20 Å². The van der Waals surface area contributed by atoms with E-state index in [1.54, 1.807) is 6.07 Å². The molecule has 36 heavy (non-hydrogen) atoms. The molecule has 4 rings (SSSR count). The maximum atomic E-state index is 13.0. The van der Waals surface area contributed by atoms with Crippen LogP contribution in [-0.4, -0.2) is 51.1 Å². The van der Waals surface area contributed by atoms with Gasteiger partial charge in [-0.15, -0.1) is 5.10 Å². The predicted octanol–water partition coefficient (Wildman–Crippen LogP) is 3.04. The molecule has 0 saturated heterocycles. The number of oxazole rings is 1. The number of carboxylic acid groups (broad SMARTS) is 1. The molecule has 14 heteroatoms. The van der Waals surface area contributed by atoms with Crippen LogP contribution in [0.5, 0.6) is 0 Å². The summed E-state index contributed by atoms with van der Waals surface area (Å²) >= 11 is 0. The Hall–Kier alpha value is -4.75. The van der Waals surface area contributed by atoms with Crippen LogP contribution in [-0.2, 0) is 12.5 Å². The van der Waals surface area contributed by atoms with Gasteiger partial charge < -0.3 is 30.3 Å². The number of nitrogens with two attached hydrogens (primary N) is 2. The van der Waals surface area contributed by atoms with Gasteiger partial charge in [0.2, 0.25) is 0 Å². The van der Waals surface area contributed by atoms with Gasteiger partial charge in [-0.1, -0.05) is 12.1 Å². The Morgan fingerprint density at radius 3 is 2.61 bits per heavy atom. The average molecular weight is 502 g/mol. The Bertz CT molecular complexity index is 1350. The van der Waals surface area contributed by atoms with E-state index in [2.05, 4.69) is 20.2 Å². The zero-order chi connectivity index (χ0) is 26.5. The molecule has 0 saturated carbocycles. The quantitative estimate of drug-likeness (QED) is 0.252. The van der Waals surface area contributed by atoms with E-state index in [1.165, 1.54) is 23.1 Å². The van der Waals surface area contributed by atoms with Crippen LogP contribution in [0, 0.1) is 0 Å². The lowest BCUT2D eigenvalue weighted by Gasteiger charge is -2.12. The van der Waals surface area contributed by atoms with Crippen molar-refractivity contribution in [2.24, 2.45) is 16.5 Å². The van der Waals surface area contributed by atoms with Gasteiger partial charge in [0, 0.05) is 32.3 Å². The molecule has 190 valence electrons. The highest BCUT2D eigenvalue weighted by Crippen LogP contribution is 2.29. The second-order valence-electron chi connectivity index (χ2n) is 7.70. The van der Waals surface area contributed by atoms with Crippen molar-refractivity contribution in [3.8, 4) is 11.3 Å². The van der Waals surface area contributed by atoms with E-state index in [0.29, 0.717) is 11.3 Å². The highest BCUT2D eigenvalue weighted by molar-refractivity contribution is 5.92. The number of furan rings is 1. The van der Waals surface area contributed by atoms with Crippen molar-refractivity contribution >= 4 is 23.4 Å². The Morgan fingerprint density at radius 1 is 1.25 bits per heavy atom. The van der Waals surface area contributed by atoms with Gasteiger partial charge in [-0.3, -0.25) is 0 Å². The number of aliphatic imine (C=N–C) groups is 1. The number of guanidine groups is 1. The minimum atomic E-state index is -3.01. The van der Waals surface area contributed by atoms with Crippen LogP contribution in [0.4, 0.5) is 20.3 Å². The molecule has 0 atom stereocenters. The fraction of sp³-hybridized carbons (Fsp3) is 0.227. The number of hydrogen-bond donors (Lipinski definition) is 3. The molecule has 0 aliphatic heterocycles. The summed E-state index contributed by atoms with van der Waals surface area (Å²) in [7, 11) is 3.83. The normalized spacial score (nSPS) is 10.9. The standard InChI is InChI=1S/C12H12N2O3.C10H12F2N6O/c1-14(2)9-5-3-4-8(6-9)11-10(12(15)16)13-7-17-11;1-10(11,12)7-3-2-6(19-7)5-18-15-4-8(17-18)16-9(13)14/h3-7H,1-2H3,(H,15,16);2-4H,5H2,1H3,(H4,13,14,16,17). The van der Waals surface area contributed by atoms with Crippen molar-refractivity contribution in [2.45, 2.75) is 19.4 Å². The first-order chi connectivity index (χ1) is 16.9. The fourth-order valence-electron chi connectivity index (χ4n) is 2.91. The molecule has 0 aliphatic carbocycles. The fourth-order valence-corrected chi connectivity index (χ4v) is 2.91. The second kappa shape index (κ2) is 10.7. The molecule has 3 aromatic heterocycles. The molecule has 4 aromatic rings. The van der Waals surface area contributed by atoms with Crippen LogP contribution in [0.1, 0.15) is 28.9 Å². The number of hydrogen-bond acceptors (Lipinski definition) is 8. The largest absolute Gasteiger partial charge is 0.476 e. The molecule has 3 heterocycles. The molecule has 1 aromatic carbocycles. The average Bonchev–Trinajstić information content (AvgIpc) is 3.55. The Morgan fingerprint density at radius 2 is 2.00 bits per heavy atom. The smallest absolute Gasteiger partial charge is 0.358 e. The van der Waals surface area contributed by atoms with Crippen LogP contribution >= 0.6 is 0 Å². The summed E-state index contributed by atoms with van der Waals surface area (Å²) in [4.78, 5) is 21.5. The number of aromatic carboxylic acids is 1. The first kappa shape index (κ1) is 25.9. The van der Waals surface area contributed by atoms with Crippen molar-refractivity contribution < 1.29 is 27.5 Å². The molecule has 0 unspecified atom stereocenters. The molecule has 0 aliphatic rings. The SMILES string of the molecule is CC(F)(F)c1ccc(Cn2ncc(N=C(N)N)n2)o1.CN(C)c1cccc(-c2ocnc2C(=O)O)c1. The van der Waals surface area contributed by atoms with Crippen molar-refractivity contribution in [2.75, 3.05) is 19.0 Å². The molecule has 12 nitrogen and oxygen atoms in total. The maximum absolute atomic E-state index is 13.0. The summed E-state index contributed by atoms with van der Waals surface area (Å²) in [5.74, 6) is -3.84. The van der Waals surface area contributed by atoms with Gasteiger partial charge in [0.1, 0.15) is 12.3 Å². The highest BCUT2D eigenvalue weighted by atomic mass is 19.3. The van der Waals surface area contributed by atoms with Crippen LogP contribution in [0.25, 0.3) is 11.3 Å². The van der Waals surface area contributed by atoms with E-state index >= 15 is 0 Å². The van der Waals surface area contributed by atoms with E-state index < -0.39 is 17.7 Å². The monoisotopic (exact) mass is 502 g/mol. The zero-order valence-electron chi connectivity index (χ0n) is 19.6. The summed E-state index contributed by atoms with van der Waals surface area (Å²) < 4.78 is 36.1. The summed E-state index contributed by atoms with van der Waals surface area (Å²) in [5.41, 5.74) is 12.0. The summed E-state index contributed by atoms with van der Waals surface area (Å²) in [5, 5.41) is 16.8. The summed E-state index contributed by atoms with van der Waals surface area (Å²) in [6, 6.07) is 10.1. The van der Waals surface area contributed by atoms with Gasteiger partial charge in [-0.25, -0.2) is 9.78 Å². The number of aromatic nitrogens is 4. The second-order valence-corrected chi connectivity index (χ2v) is 7.70. The molecule has 0 fully saturated rings. The van der Waals surface area contributed by atoms with Crippen LogP contribution in [0.15, 0.2) is 62.8 Å². The number of alkyl halides is 2. The van der Waals surface area contributed by atoms with E-state index in [-0.39, 0.29) is 29.8 Å². The maximum Gasteiger partial charge on any atom is 0.358 e. The lowest BCUT2D eigenvalue weighted by atomic mass is 10.1. The molecular formula is C22H24F2N8O4. The molecule has 0 bridgehead atoms. The molecular weight excluding hydrogens is 478 g/mol. The minimum Gasteiger partial charge on any atom is -0.476 e. The number of anilines is 1.